The Balaban J connectivity index is 1.46. The molecule has 3 atom stereocenters. The van der Waals surface area contributed by atoms with Crippen molar-refractivity contribution in [3.63, 3.8) is 0 Å². The quantitative estimate of drug-likeness (QED) is 0.637. The summed E-state index contributed by atoms with van der Waals surface area (Å²) in [5.74, 6) is -0.0740. The molecular weight excluding hydrogens is 471 g/mol. The first-order valence-corrected chi connectivity index (χ1v) is 11.6. The molecule has 1 aliphatic heterocycles. The van der Waals surface area contributed by atoms with Gasteiger partial charge in [-0.25, -0.2) is 9.97 Å². The Morgan fingerprint density at radius 3 is 2.53 bits per heavy atom. The molecule has 1 saturated heterocycles. The Morgan fingerprint density at radius 2 is 1.88 bits per heavy atom. The predicted octanol–water partition coefficient (Wildman–Crippen LogP) is 3.25. The molecule has 1 fully saturated rings. The Labute approximate surface area is 200 Å². The molecule has 0 spiro atoms. The van der Waals surface area contributed by atoms with Gasteiger partial charge in [0.05, 0.1) is 24.3 Å². The van der Waals surface area contributed by atoms with E-state index in [2.05, 4.69) is 20.2 Å². The Kier molecular flexibility index (Phi) is 7.30. The van der Waals surface area contributed by atoms with Gasteiger partial charge in [-0.15, -0.1) is 0 Å². The van der Waals surface area contributed by atoms with Crippen LogP contribution < -0.4 is 10.2 Å². The van der Waals surface area contributed by atoms with Gasteiger partial charge in [0.25, 0.3) is 0 Å². The van der Waals surface area contributed by atoms with Crippen molar-refractivity contribution >= 4 is 23.3 Å². The van der Waals surface area contributed by atoms with Crippen molar-refractivity contribution < 1.29 is 23.1 Å². The number of hydrogen-bond donors (Lipinski definition) is 2. The van der Waals surface area contributed by atoms with Gasteiger partial charge in [0.1, 0.15) is 12.1 Å². The first-order valence-electron chi connectivity index (χ1n) is 11.2. The van der Waals surface area contributed by atoms with Gasteiger partial charge in [0, 0.05) is 43.3 Å². The molecule has 2 aromatic rings. The van der Waals surface area contributed by atoms with Crippen LogP contribution in [0.15, 0.2) is 30.6 Å². The molecule has 2 N–H and O–H groups in total. The minimum absolute atomic E-state index is 0.130. The largest absolute Gasteiger partial charge is 0.401 e. The second kappa shape index (κ2) is 10.1. The molecule has 2 aliphatic rings. The van der Waals surface area contributed by atoms with Crippen LogP contribution in [0.4, 0.5) is 19.0 Å². The summed E-state index contributed by atoms with van der Waals surface area (Å²) < 4.78 is 38.0. The highest BCUT2D eigenvalue weighted by Gasteiger charge is 2.35. The third-order valence-corrected chi connectivity index (χ3v) is 6.67. The lowest BCUT2D eigenvalue weighted by atomic mass is 9.97. The number of halogens is 4. The maximum Gasteiger partial charge on any atom is 0.401 e. The molecule has 1 aliphatic carbocycles. The highest BCUT2D eigenvalue weighted by Crippen LogP contribution is 2.42. The lowest BCUT2D eigenvalue weighted by Gasteiger charge is -2.38. The fourth-order valence-electron chi connectivity index (χ4n) is 4.71. The fourth-order valence-corrected chi connectivity index (χ4v) is 4.84. The number of nitrogens with one attached hydrogen (secondary N) is 1. The fraction of sp³-hybridized carbons (Fsp3) is 0.522. The summed E-state index contributed by atoms with van der Waals surface area (Å²) in [6.45, 7) is 2.63. The number of carbonyl (C=O) groups excluding carboxylic acids is 1. The lowest BCUT2D eigenvalue weighted by molar-refractivity contribution is -0.135. The number of anilines is 1. The smallest absolute Gasteiger partial charge is 0.387 e. The molecule has 1 aromatic heterocycles. The number of aliphatic hydroxyl groups is 1. The first kappa shape index (κ1) is 24.7. The SMILES string of the molecule is CC1C[C@@H](O)c2ncnc(N3CCN(C(=O)C(CNCC(F)(F)F)c4ccc(Cl)cc4)CC3)c21. The molecule has 2 unspecified atom stereocenters. The average Bonchev–Trinajstić information content (AvgIpc) is 3.10. The number of aliphatic hydroxyl groups excluding tert-OH is 1. The zero-order valence-electron chi connectivity index (χ0n) is 18.7. The van der Waals surface area contributed by atoms with E-state index in [4.69, 9.17) is 11.6 Å². The van der Waals surface area contributed by atoms with Gasteiger partial charge in [-0.3, -0.25) is 4.79 Å². The lowest BCUT2D eigenvalue weighted by Crippen LogP contribution is -2.51. The molecule has 2 heterocycles. The van der Waals surface area contributed by atoms with E-state index in [9.17, 15) is 23.1 Å². The van der Waals surface area contributed by atoms with E-state index in [0.29, 0.717) is 48.9 Å². The summed E-state index contributed by atoms with van der Waals surface area (Å²) in [6.07, 6.45) is -2.90. The van der Waals surface area contributed by atoms with Crippen LogP contribution in [-0.2, 0) is 4.79 Å². The average molecular weight is 498 g/mol. The number of benzene rings is 1. The summed E-state index contributed by atoms with van der Waals surface area (Å²) in [5.41, 5.74) is 2.22. The third-order valence-electron chi connectivity index (χ3n) is 6.41. The van der Waals surface area contributed by atoms with Crippen LogP contribution in [0.25, 0.3) is 0 Å². The van der Waals surface area contributed by atoms with Crippen LogP contribution in [0.5, 0.6) is 0 Å². The van der Waals surface area contributed by atoms with Crippen LogP contribution in [0.1, 0.15) is 48.1 Å². The highest BCUT2D eigenvalue weighted by molar-refractivity contribution is 6.30. The van der Waals surface area contributed by atoms with Crippen molar-refractivity contribution in [3.8, 4) is 0 Å². The van der Waals surface area contributed by atoms with Crippen LogP contribution >= 0.6 is 11.6 Å². The van der Waals surface area contributed by atoms with E-state index in [0.717, 1.165) is 11.4 Å². The second-order valence-electron chi connectivity index (χ2n) is 8.81. The summed E-state index contributed by atoms with van der Waals surface area (Å²) >= 11 is 5.95. The number of amides is 1. The zero-order chi connectivity index (χ0) is 24.5. The minimum atomic E-state index is -4.36. The van der Waals surface area contributed by atoms with Crippen molar-refractivity contribution in [2.24, 2.45) is 0 Å². The maximum atomic E-state index is 13.4. The van der Waals surface area contributed by atoms with Gasteiger partial charge >= 0.3 is 6.18 Å². The van der Waals surface area contributed by atoms with Gasteiger partial charge in [-0.1, -0.05) is 30.7 Å². The van der Waals surface area contributed by atoms with Crippen LogP contribution in [0, 0.1) is 0 Å². The Hall–Kier alpha value is -2.43. The van der Waals surface area contributed by atoms with Gasteiger partial charge in [0.2, 0.25) is 5.91 Å². The summed E-state index contributed by atoms with van der Waals surface area (Å²) in [4.78, 5) is 25.8. The van der Waals surface area contributed by atoms with Crippen LogP contribution in [-0.4, -0.2) is 71.3 Å². The monoisotopic (exact) mass is 497 g/mol. The second-order valence-corrected chi connectivity index (χ2v) is 9.25. The van der Waals surface area contributed by atoms with E-state index in [1.165, 1.54) is 6.33 Å². The van der Waals surface area contributed by atoms with E-state index < -0.39 is 24.7 Å². The Morgan fingerprint density at radius 1 is 1.21 bits per heavy atom. The first-order chi connectivity index (χ1) is 16.1. The van der Waals surface area contributed by atoms with E-state index in [-0.39, 0.29) is 18.4 Å². The third kappa shape index (κ3) is 5.45. The van der Waals surface area contributed by atoms with Crippen molar-refractivity contribution in [1.29, 1.82) is 0 Å². The highest BCUT2D eigenvalue weighted by atomic mass is 35.5. The van der Waals surface area contributed by atoms with E-state index in [1.807, 2.05) is 6.92 Å². The molecule has 11 heteroatoms. The molecule has 0 bridgehead atoms. The van der Waals surface area contributed by atoms with E-state index >= 15 is 0 Å². The predicted molar refractivity (Wildman–Crippen MR) is 122 cm³/mol. The van der Waals surface area contributed by atoms with Gasteiger partial charge in [-0.2, -0.15) is 13.2 Å². The number of hydrogen-bond acceptors (Lipinski definition) is 6. The molecule has 0 radical (unpaired) electrons. The van der Waals surface area contributed by atoms with Crippen molar-refractivity contribution in [2.75, 3.05) is 44.2 Å². The maximum absolute atomic E-state index is 13.4. The van der Waals surface area contributed by atoms with Gasteiger partial charge < -0.3 is 20.2 Å². The number of alkyl halides is 3. The summed E-state index contributed by atoms with van der Waals surface area (Å²) in [6, 6.07) is 6.61. The molecule has 7 nitrogen and oxygen atoms in total. The molecule has 4 rings (SSSR count). The van der Waals surface area contributed by atoms with Crippen molar-refractivity contribution in [2.45, 2.75) is 37.5 Å². The van der Waals surface area contributed by atoms with Crippen molar-refractivity contribution in [3.05, 3.63) is 52.4 Å². The number of fused-ring (bicyclic) bond motifs is 1. The van der Waals surface area contributed by atoms with Gasteiger partial charge in [0.15, 0.2) is 0 Å². The van der Waals surface area contributed by atoms with Crippen molar-refractivity contribution in [1.82, 2.24) is 20.2 Å². The molecule has 184 valence electrons. The normalized spacial score (nSPS) is 21.5. The topological polar surface area (TPSA) is 81.6 Å². The molecule has 1 aromatic carbocycles. The molecular formula is C23H27ClF3N5O2. The zero-order valence-corrected chi connectivity index (χ0v) is 19.5. The van der Waals surface area contributed by atoms with E-state index in [1.54, 1.807) is 29.2 Å². The standard InChI is InChI=1S/C23H27ClF3N5O2/c1-14-10-18(33)20-19(14)21(30-13-29-20)31-6-8-32(9-7-31)22(34)17(11-28-12-23(25,26)27)15-2-4-16(24)5-3-15/h2-5,13-14,17-18,28,33H,6-12H2,1H3/t14?,17?,18-/m1/s1. The summed E-state index contributed by atoms with van der Waals surface area (Å²) in [7, 11) is 0. The van der Waals surface area contributed by atoms with Gasteiger partial charge in [-0.05, 0) is 30.0 Å². The molecule has 34 heavy (non-hydrogen) atoms. The summed E-state index contributed by atoms with van der Waals surface area (Å²) in [5, 5.41) is 13.1. The number of carbonyl (C=O) groups is 1. The Bertz CT molecular complexity index is 1010. The number of nitrogens with zero attached hydrogens (tertiary/aromatic N) is 4. The number of piperazine rings is 1. The van der Waals surface area contributed by atoms with Crippen LogP contribution in [0.2, 0.25) is 5.02 Å². The number of aromatic nitrogens is 2. The van der Waals surface area contributed by atoms with Crippen LogP contribution in [0.3, 0.4) is 0 Å². The number of rotatable bonds is 6. The molecule has 1 amide bonds. The minimum Gasteiger partial charge on any atom is -0.387 e. The molecule has 0 saturated carbocycles.